The molecule has 2 saturated carbocycles. The molecule has 0 radical (unpaired) electrons. The summed E-state index contributed by atoms with van der Waals surface area (Å²) in [5.41, 5.74) is 0. The quantitative estimate of drug-likeness (QED) is 0.438. The molecule has 0 aromatic carbocycles. The van der Waals surface area contributed by atoms with Crippen LogP contribution >= 0.6 is 0 Å². The number of nitrogens with one attached hydrogen (secondary N) is 4. The zero-order valence-corrected chi connectivity index (χ0v) is 21.6. The predicted octanol–water partition coefficient (Wildman–Crippen LogP) is 4.10. The minimum atomic E-state index is -0.618. The normalized spacial score (nSPS) is 26.5. The first-order valence-corrected chi connectivity index (χ1v) is 13.7. The van der Waals surface area contributed by atoms with Crippen molar-refractivity contribution in [3.63, 3.8) is 0 Å². The first kappa shape index (κ1) is 25.8. The number of alkyl carbamates (subject to hydrolysis) is 1. The molecule has 2 atom stereocenters. The van der Waals surface area contributed by atoms with Crippen LogP contribution in [0.15, 0.2) is 6.20 Å². The second-order valence-corrected chi connectivity index (χ2v) is 10.9. The second kappa shape index (κ2) is 12.1. The smallest absolute Gasteiger partial charge is 0.407 e. The van der Waals surface area contributed by atoms with Gasteiger partial charge in [0.2, 0.25) is 5.91 Å². The summed E-state index contributed by atoms with van der Waals surface area (Å²) < 4.78 is 4.72. The third-order valence-corrected chi connectivity index (χ3v) is 8.00. The van der Waals surface area contributed by atoms with Crippen molar-refractivity contribution < 1.29 is 14.3 Å². The van der Waals surface area contributed by atoms with Crippen molar-refractivity contribution in [2.45, 2.75) is 115 Å². The Hall–Kier alpha value is -2.29. The van der Waals surface area contributed by atoms with E-state index in [9.17, 15) is 9.59 Å². The zero-order chi connectivity index (χ0) is 24.8. The lowest BCUT2D eigenvalue weighted by Gasteiger charge is -2.34. The van der Waals surface area contributed by atoms with Crippen LogP contribution in [0, 0.1) is 5.92 Å². The van der Waals surface area contributed by atoms with E-state index in [2.05, 4.69) is 25.9 Å². The Labute approximate surface area is 209 Å². The lowest BCUT2D eigenvalue weighted by Crippen LogP contribution is -2.51. The Morgan fingerprint density at radius 2 is 1.69 bits per heavy atom. The van der Waals surface area contributed by atoms with E-state index in [1.807, 2.05) is 24.9 Å². The van der Waals surface area contributed by atoms with Crippen LogP contribution in [-0.4, -0.2) is 64.7 Å². The Balaban J connectivity index is 1.30. The lowest BCUT2D eigenvalue weighted by molar-refractivity contribution is -0.135. The lowest BCUT2D eigenvalue weighted by atomic mass is 9.88. The molecule has 1 aromatic heterocycles. The van der Waals surface area contributed by atoms with Gasteiger partial charge in [0.25, 0.3) is 0 Å². The van der Waals surface area contributed by atoms with Crippen molar-refractivity contribution in [2.75, 3.05) is 19.0 Å². The van der Waals surface area contributed by atoms with Crippen LogP contribution in [0.1, 0.15) is 96.3 Å². The molecular weight excluding hydrogens is 444 g/mol. The van der Waals surface area contributed by atoms with Crippen LogP contribution in [0.2, 0.25) is 0 Å². The van der Waals surface area contributed by atoms with Crippen molar-refractivity contribution in [3.8, 4) is 0 Å². The monoisotopic (exact) mass is 488 g/mol. The van der Waals surface area contributed by atoms with Crippen molar-refractivity contribution in [2.24, 2.45) is 5.92 Å². The molecule has 0 bridgehead atoms. The van der Waals surface area contributed by atoms with Gasteiger partial charge in [-0.3, -0.25) is 4.79 Å². The van der Waals surface area contributed by atoms with Crippen molar-refractivity contribution in [1.82, 2.24) is 25.5 Å². The summed E-state index contributed by atoms with van der Waals surface area (Å²) in [5, 5.41) is 10.3. The van der Waals surface area contributed by atoms with E-state index < -0.39 is 12.1 Å². The predicted molar refractivity (Wildman–Crippen MR) is 136 cm³/mol. The molecule has 3 fully saturated rings. The van der Waals surface area contributed by atoms with Gasteiger partial charge in [0.15, 0.2) is 0 Å². The molecule has 2 amide bonds. The minimum absolute atomic E-state index is 0.0422. The Morgan fingerprint density at radius 1 is 1.00 bits per heavy atom. The van der Waals surface area contributed by atoms with Crippen molar-refractivity contribution in [1.29, 1.82) is 0 Å². The molecule has 1 aromatic rings. The number of H-pyrrole nitrogens is 1. The number of amides is 2. The number of anilines is 1. The number of hydrogen-bond donors (Lipinski definition) is 4. The van der Waals surface area contributed by atoms with E-state index in [1.165, 1.54) is 52.1 Å². The largest absolute Gasteiger partial charge is 0.453 e. The number of aromatic nitrogens is 2. The number of ether oxygens (including phenoxy) is 1. The number of aromatic amines is 1. The molecule has 0 spiro atoms. The van der Waals surface area contributed by atoms with E-state index in [4.69, 9.17) is 4.74 Å². The summed E-state index contributed by atoms with van der Waals surface area (Å²) in [5.74, 6) is 1.62. The molecule has 2 aliphatic carbocycles. The zero-order valence-electron chi connectivity index (χ0n) is 21.6. The number of carbonyl (C=O) groups excluding carboxylic acids is 2. The van der Waals surface area contributed by atoms with Crippen molar-refractivity contribution >= 4 is 17.8 Å². The summed E-state index contributed by atoms with van der Waals surface area (Å²) in [7, 11) is 1.31. The van der Waals surface area contributed by atoms with Crippen LogP contribution in [0.3, 0.4) is 0 Å². The summed E-state index contributed by atoms with van der Waals surface area (Å²) >= 11 is 0. The van der Waals surface area contributed by atoms with Gasteiger partial charge in [-0.05, 0) is 57.3 Å². The average molecular weight is 489 g/mol. The van der Waals surface area contributed by atoms with E-state index in [-0.39, 0.29) is 17.9 Å². The van der Waals surface area contributed by atoms with Gasteiger partial charge in [-0.1, -0.05) is 33.1 Å². The molecule has 196 valence electrons. The first-order valence-electron chi connectivity index (χ1n) is 13.7. The topological polar surface area (TPSA) is 111 Å². The maximum absolute atomic E-state index is 13.3. The molecule has 3 aliphatic rings. The Kier molecular flexibility index (Phi) is 8.92. The van der Waals surface area contributed by atoms with E-state index >= 15 is 0 Å². The van der Waals surface area contributed by atoms with Gasteiger partial charge in [0, 0.05) is 24.7 Å². The number of rotatable bonds is 8. The molecule has 0 unspecified atom stereocenters. The number of imidazole rings is 1. The third-order valence-electron chi connectivity index (χ3n) is 8.00. The minimum Gasteiger partial charge on any atom is -0.453 e. The highest BCUT2D eigenvalue weighted by Crippen LogP contribution is 2.32. The summed E-state index contributed by atoms with van der Waals surface area (Å²) in [6.45, 7) is 4.52. The fourth-order valence-electron chi connectivity index (χ4n) is 6.00. The van der Waals surface area contributed by atoms with Gasteiger partial charge in [-0.15, -0.1) is 0 Å². The summed E-state index contributed by atoms with van der Waals surface area (Å²) in [4.78, 5) is 35.0. The fourth-order valence-corrected chi connectivity index (χ4v) is 6.00. The number of likely N-dealkylation sites (tertiary alicyclic amines) is 1. The Morgan fingerprint density at radius 3 is 2.37 bits per heavy atom. The van der Waals surface area contributed by atoms with Crippen LogP contribution in [0.25, 0.3) is 0 Å². The van der Waals surface area contributed by atoms with E-state index in [0.29, 0.717) is 18.6 Å². The van der Waals surface area contributed by atoms with Crippen LogP contribution in [-0.2, 0) is 9.53 Å². The molecule has 9 heteroatoms. The number of nitrogens with zero attached hydrogens (tertiary/aromatic N) is 2. The molecule has 9 nitrogen and oxygen atoms in total. The highest BCUT2D eigenvalue weighted by molar-refractivity contribution is 5.86. The molecule has 1 aliphatic heterocycles. The molecule has 1 saturated heterocycles. The third kappa shape index (κ3) is 6.68. The second-order valence-electron chi connectivity index (χ2n) is 10.9. The standard InChI is InChI=1S/C26H44N6O3/c1-17(2)23(31-26(34)35-3)25(33)32-15-7-10-21(32)24-27-16-22(30-24)29-20-13-11-19(12-14-20)28-18-8-5-4-6-9-18/h16-21,23,28-29H,4-15H2,1-3H3,(H,27,30)(H,31,34)/t19?,20?,21-,23-/m0/s1. The summed E-state index contributed by atoms with van der Waals surface area (Å²) in [6, 6.07) is 1.11. The van der Waals surface area contributed by atoms with Crippen LogP contribution in [0.5, 0.6) is 0 Å². The first-order chi connectivity index (χ1) is 16.9. The fraction of sp³-hybridized carbons (Fsp3) is 0.808. The highest BCUT2D eigenvalue weighted by Gasteiger charge is 2.37. The molecule has 4 N–H and O–H groups in total. The van der Waals surface area contributed by atoms with Gasteiger partial charge < -0.3 is 30.6 Å². The van der Waals surface area contributed by atoms with Crippen molar-refractivity contribution in [3.05, 3.63) is 12.0 Å². The number of methoxy groups -OCH3 is 1. The van der Waals surface area contributed by atoms with Gasteiger partial charge in [0.1, 0.15) is 17.7 Å². The van der Waals surface area contributed by atoms with E-state index in [0.717, 1.165) is 43.4 Å². The van der Waals surface area contributed by atoms with Gasteiger partial charge >= 0.3 is 6.09 Å². The van der Waals surface area contributed by atoms with Crippen LogP contribution in [0.4, 0.5) is 10.6 Å². The number of carbonyl (C=O) groups is 2. The van der Waals surface area contributed by atoms with Gasteiger partial charge in [-0.2, -0.15) is 0 Å². The molecule has 4 rings (SSSR count). The maximum atomic E-state index is 13.3. The number of hydrogen-bond acceptors (Lipinski definition) is 6. The highest BCUT2D eigenvalue weighted by atomic mass is 16.5. The maximum Gasteiger partial charge on any atom is 0.407 e. The summed E-state index contributed by atoms with van der Waals surface area (Å²) in [6.07, 6.45) is 14.6. The van der Waals surface area contributed by atoms with Gasteiger partial charge in [-0.25, -0.2) is 9.78 Å². The molecule has 35 heavy (non-hydrogen) atoms. The Bertz CT molecular complexity index is 829. The van der Waals surface area contributed by atoms with Crippen LogP contribution < -0.4 is 16.0 Å². The van der Waals surface area contributed by atoms with Gasteiger partial charge in [0.05, 0.1) is 19.3 Å². The van der Waals surface area contributed by atoms with E-state index in [1.54, 1.807) is 0 Å². The SMILES string of the molecule is COC(=O)N[C@H](C(=O)N1CCC[C@H]1c1ncc(NC2CCC(NC3CCCCC3)CC2)[nH]1)C(C)C. The molecule has 2 heterocycles. The average Bonchev–Trinajstić information content (AvgIpc) is 3.53. The molecular formula is C26H44N6O3.